The molecule has 0 spiro atoms. The minimum Gasteiger partial charge on any atom is -0.303 e. The Kier molecular flexibility index (Phi) is 5.72. The molecule has 22 heavy (non-hydrogen) atoms. The number of nitrogens with one attached hydrogen (secondary N) is 1. The van der Waals surface area contributed by atoms with Crippen LogP contribution in [0.1, 0.15) is 43.5 Å². The minimum absolute atomic E-state index is 0.0286. The van der Waals surface area contributed by atoms with E-state index in [-0.39, 0.29) is 16.7 Å². The van der Waals surface area contributed by atoms with Gasteiger partial charge < -0.3 is 4.90 Å². The fraction of sp³-hybridized carbons (Fsp3) is 0.562. The van der Waals surface area contributed by atoms with Crippen LogP contribution in [-0.2, 0) is 10.0 Å². The molecule has 1 aromatic carbocycles. The van der Waals surface area contributed by atoms with E-state index in [1.165, 1.54) is 19.1 Å². The number of ketones is 1. The number of nitrogens with zero attached hydrogens (tertiary/aromatic N) is 1. The van der Waals surface area contributed by atoms with Crippen molar-refractivity contribution in [1.29, 1.82) is 0 Å². The average molecular weight is 324 g/mol. The molecule has 1 fully saturated rings. The zero-order chi connectivity index (χ0) is 16.2. The van der Waals surface area contributed by atoms with Crippen molar-refractivity contribution in [1.82, 2.24) is 9.62 Å². The third kappa shape index (κ3) is 4.38. The van der Waals surface area contributed by atoms with Crippen molar-refractivity contribution < 1.29 is 13.2 Å². The van der Waals surface area contributed by atoms with Crippen LogP contribution in [0.25, 0.3) is 0 Å². The van der Waals surface area contributed by atoms with Crippen molar-refractivity contribution in [2.75, 3.05) is 19.6 Å². The zero-order valence-electron chi connectivity index (χ0n) is 13.2. The SMILES string of the molecule is CCCN1CCC(NS(=O)(=O)c2cccc(C(C)=O)c2)CC1. The van der Waals surface area contributed by atoms with Gasteiger partial charge in [-0.3, -0.25) is 4.79 Å². The van der Waals surface area contributed by atoms with E-state index in [2.05, 4.69) is 16.5 Å². The van der Waals surface area contributed by atoms with Gasteiger partial charge in [0.2, 0.25) is 10.0 Å². The number of benzene rings is 1. The van der Waals surface area contributed by atoms with Crippen molar-refractivity contribution in [3.8, 4) is 0 Å². The van der Waals surface area contributed by atoms with Gasteiger partial charge in [0.1, 0.15) is 0 Å². The standard InChI is InChI=1S/C16H24N2O3S/c1-3-9-18-10-7-15(8-11-18)17-22(20,21)16-6-4-5-14(12-16)13(2)19/h4-6,12,15,17H,3,7-11H2,1-2H3. The highest BCUT2D eigenvalue weighted by Gasteiger charge is 2.24. The normalized spacial score (nSPS) is 17.5. The first-order valence-corrected chi connectivity index (χ1v) is 9.26. The summed E-state index contributed by atoms with van der Waals surface area (Å²) >= 11 is 0. The molecule has 0 bridgehead atoms. The largest absolute Gasteiger partial charge is 0.303 e. The Morgan fingerprint density at radius 1 is 1.32 bits per heavy atom. The van der Waals surface area contributed by atoms with E-state index in [1.807, 2.05) is 0 Å². The van der Waals surface area contributed by atoms with Crippen LogP contribution in [0, 0.1) is 0 Å². The van der Waals surface area contributed by atoms with Crippen LogP contribution in [-0.4, -0.2) is 44.8 Å². The molecule has 0 aromatic heterocycles. The summed E-state index contributed by atoms with van der Waals surface area (Å²) in [4.78, 5) is 13.9. The number of hydrogen-bond donors (Lipinski definition) is 1. The van der Waals surface area contributed by atoms with E-state index in [1.54, 1.807) is 12.1 Å². The van der Waals surface area contributed by atoms with Crippen LogP contribution in [0.3, 0.4) is 0 Å². The van der Waals surface area contributed by atoms with Gasteiger partial charge in [0.15, 0.2) is 5.78 Å². The first kappa shape index (κ1) is 17.1. The molecular formula is C16H24N2O3S. The van der Waals surface area contributed by atoms with Gasteiger partial charge in [-0.15, -0.1) is 0 Å². The number of piperidine rings is 1. The quantitative estimate of drug-likeness (QED) is 0.813. The summed E-state index contributed by atoms with van der Waals surface area (Å²) in [5.41, 5.74) is 0.417. The Morgan fingerprint density at radius 2 is 2.00 bits per heavy atom. The number of hydrogen-bond acceptors (Lipinski definition) is 4. The predicted molar refractivity (Wildman–Crippen MR) is 86.5 cm³/mol. The summed E-state index contributed by atoms with van der Waals surface area (Å²) in [5.74, 6) is -0.134. The van der Waals surface area contributed by atoms with Crippen molar-refractivity contribution >= 4 is 15.8 Å². The summed E-state index contributed by atoms with van der Waals surface area (Å²) in [7, 11) is -3.57. The summed E-state index contributed by atoms with van der Waals surface area (Å²) in [6.45, 7) is 6.50. The molecule has 1 heterocycles. The monoisotopic (exact) mass is 324 g/mol. The first-order valence-electron chi connectivity index (χ1n) is 7.78. The van der Waals surface area contributed by atoms with Crippen LogP contribution >= 0.6 is 0 Å². The van der Waals surface area contributed by atoms with E-state index in [4.69, 9.17) is 0 Å². The number of rotatable bonds is 6. The maximum Gasteiger partial charge on any atom is 0.240 e. The third-order valence-electron chi connectivity index (χ3n) is 4.00. The van der Waals surface area contributed by atoms with Crippen LogP contribution in [0.5, 0.6) is 0 Å². The molecule has 0 saturated carbocycles. The highest BCUT2D eigenvalue weighted by atomic mass is 32.2. The van der Waals surface area contributed by atoms with Gasteiger partial charge in [-0.1, -0.05) is 19.1 Å². The Balaban J connectivity index is 2.03. The maximum absolute atomic E-state index is 12.4. The molecule has 0 aliphatic carbocycles. The molecule has 5 nitrogen and oxygen atoms in total. The van der Waals surface area contributed by atoms with Crippen molar-refractivity contribution in [3.05, 3.63) is 29.8 Å². The van der Waals surface area contributed by atoms with E-state index in [9.17, 15) is 13.2 Å². The van der Waals surface area contributed by atoms with Crippen LogP contribution < -0.4 is 4.72 Å². The Labute approximate surface area is 132 Å². The van der Waals surface area contributed by atoms with Gasteiger partial charge in [-0.25, -0.2) is 13.1 Å². The fourth-order valence-electron chi connectivity index (χ4n) is 2.76. The molecule has 0 unspecified atom stereocenters. The lowest BCUT2D eigenvalue weighted by Gasteiger charge is -2.31. The lowest BCUT2D eigenvalue weighted by Crippen LogP contribution is -2.44. The van der Waals surface area contributed by atoms with E-state index in [0.29, 0.717) is 5.56 Å². The van der Waals surface area contributed by atoms with Crippen molar-refractivity contribution in [2.45, 2.75) is 44.0 Å². The van der Waals surface area contributed by atoms with E-state index in [0.717, 1.165) is 38.9 Å². The van der Waals surface area contributed by atoms with Gasteiger partial charge in [-0.2, -0.15) is 0 Å². The summed E-state index contributed by atoms with van der Waals surface area (Å²) in [6, 6.07) is 6.18. The third-order valence-corrected chi connectivity index (χ3v) is 5.52. The molecule has 1 aromatic rings. The fourth-order valence-corrected chi connectivity index (χ4v) is 4.11. The van der Waals surface area contributed by atoms with Gasteiger partial charge in [-0.05, 0) is 58.0 Å². The van der Waals surface area contributed by atoms with Crippen LogP contribution in [0.15, 0.2) is 29.2 Å². The highest BCUT2D eigenvalue weighted by Crippen LogP contribution is 2.16. The molecule has 0 atom stereocenters. The second-order valence-electron chi connectivity index (χ2n) is 5.82. The number of likely N-dealkylation sites (tertiary alicyclic amines) is 1. The van der Waals surface area contributed by atoms with Gasteiger partial charge in [0.25, 0.3) is 0 Å². The van der Waals surface area contributed by atoms with Gasteiger partial charge in [0, 0.05) is 11.6 Å². The Bertz CT molecular complexity index is 620. The van der Waals surface area contributed by atoms with Crippen molar-refractivity contribution in [3.63, 3.8) is 0 Å². The second kappa shape index (κ2) is 7.35. The average Bonchev–Trinajstić information content (AvgIpc) is 2.49. The molecule has 1 aliphatic rings. The molecule has 0 amide bonds. The topological polar surface area (TPSA) is 66.5 Å². The lowest BCUT2D eigenvalue weighted by atomic mass is 10.1. The van der Waals surface area contributed by atoms with E-state index < -0.39 is 10.0 Å². The molecule has 2 rings (SSSR count). The molecule has 0 radical (unpaired) electrons. The second-order valence-corrected chi connectivity index (χ2v) is 7.54. The molecule has 1 saturated heterocycles. The highest BCUT2D eigenvalue weighted by molar-refractivity contribution is 7.89. The lowest BCUT2D eigenvalue weighted by molar-refractivity contribution is 0.101. The summed E-state index contributed by atoms with van der Waals surface area (Å²) < 4.78 is 27.7. The molecule has 1 aliphatic heterocycles. The van der Waals surface area contributed by atoms with Gasteiger partial charge >= 0.3 is 0 Å². The van der Waals surface area contributed by atoms with Gasteiger partial charge in [0.05, 0.1) is 4.90 Å². The van der Waals surface area contributed by atoms with Crippen LogP contribution in [0.4, 0.5) is 0 Å². The smallest absolute Gasteiger partial charge is 0.240 e. The number of carbonyl (C=O) groups excluding carboxylic acids is 1. The molecule has 1 N–H and O–H groups in total. The molecule has 122 valence electrons. The summed E-state index contributed by atoms with van der Waals surface area (Å²) in [5, 5.41) is 0. The Morgan fingerprint density at radius 3 is 2.59 bits per heavy atom. The van der Waals surface area contributed by atoms with Crippen molar-refractivity contribution in [2.24, 2.45) is 0 Å². The van der Waals surface area contributed by atoms with E-state index >= 15 is 0 Å². The number of sulfonamides is 1. The minimum atomic E-state index is -3.57. The summed E-state index contributed by atoms with van der Waals surface area (Å²) in [6.07, 6.45) is 2.77. The zero-order valence-corrected chi connectivity index (χ0v) is 14.0. The number of Topliss-reactive ketones (excluding diaryl/α,β-unsaturated/α-hetero) is 1. The molecular weight excluding hydrogens is 300 g/mol. The maximum atomic E-state index is 12.4. The number of carbonyl (C=O) groups is 1. The predicted octanol–water partition coefficient (Wildman–Crippen LogP) is 2.04. The Hall–Kier alpha value is -1.24. The first-order chi connectivity index (χ1) is 10.4. The van der Waals surface area contributed by atoms with Crippen LogP contribution in [0.2, 0.25) is 0 Å². The molecule has 6 heteroatoms.